The minimum Gasteiger partial charge on any atom is -0.469 e. The summed E-state index contributed by atoms with van der Waals surface area (Å²) in [5.74, 6) is -0.145. The van der Waals surface area contributed by atoms with Crippen molar-refractivity contribution in [2.24, 2.45) is 0 Å². The predicted octanol–water partition coefficient (Wildman–Crippen LogP) is 1.84. The standard InChI is InChI=1S/C13H17NO3S/c1-17-13(16)6-7-14(10-4-5-10)12(15)9-11-3-2-8-18-11/h2-3,8,10H,4-7,9H2,1H3. The van der Waals surface area contributed by atoms with Crippen LogP contribution >= 0.6 is 11.3 Å². The maximum atomic E-state index is 12.2. The number of rotatable bonds is 6. The first-order valence-electron chi connectivity index (χ1n) is 6.09. The molecule has 1 heterocycles. The molecule has 1 aromatic heterocycles. The Balaban J connectivity index is 1.88. The van der Waals surface area contributed by atoms with Gasteiger partial charge < -0.3 is 9.64 Å². The van der Waals surface area contributed by atoms with E-state index in [0.717, 1.165) is 17.7 Å². The molecule has 0 saturated heterocycles. The van der Waals surface area contributed by atoms with Crippen LogP contribution in [0.1, 0.15) is 24.1 Å². The molecule has 0 aliphatic heterocycles. The zero-order chi connectivity index (χ0) is 13.0. The van der Waals surface area contributed by atoms with Gasteiger partial charge in [-0.1, -0.05) is 6.07 Å². The number of hydrogen-bond donors (Lipinski definition) is 0. The molecular weight excluding hydrogens is 250 g/mol. The molecule has 1 aliphatic carbocycles. The maximum Gasteiger partial charge on any atom is 0.307 e. The van der Waals surface area contributed by atoms with Gasteiger partial charge in [-0.25, -0.2) is 0 Å². The number of carbonyl (C=O) groups excluding carboxylic acids is 2. The zero-order valence-corrected chi connectivity index (χ0v) is 11.2. The lowest BCUT2D eigenvalue weighted by Gasteiger charge is -2.21. The van der Waals surface area contributed by atoms with Crippen LogP contribution < -0.4 is 0 Å². The summed E-state index contributed by atoms with van der Waals surface area (Å²) in [7, 11) is 1.37. The van der Waals surface area contributed by atoms with Crippen LogP contribution in [0, 0.1) is 0 Å². The van der Waals surface area contributed by atoms with Gasteiger partial charge in [0, 0.05) is 17.5 Å². The van der Waals surface area contributed by atoms with Gasteiger partial charge in [-0.15, -0.1) is 11.3 Å². The molecule has 18 heavy (non-hydrogen) atoms. The van der Waals surface area contributed by atoms with E-state index >= 15 is 0 Å². The van der Waals surface area contributed by atoms with E-state index in [9.17, 15) is 9.59 Å². The third-order valence-corrected chi connectivity index (χ3v) is 3.87. The normalized spacial score (nSPS) is 14.3. The number of thiophene rings is 1. The summed E-state index contributed by atoms with van der Waals surface area (Å²) >= 11 is 1.59. The molecule has 0 radical (unpaired) electrons. The van der Waals surface area contributed by atoms with Gasteiger partial charge in [-0.05, 0) is 24.3 Å². The quantitative estimate of drug-likeness (QED) is 0.739. The molecule has 0 atom stereocenters. The highest BCUT2D eigenvalue weighted by Crippen LogP contribution is 2.28. The first kappa shape index (κ1) is 13.1. The fourth-order valence-electron chi connectivity index (χ4n) is 1.87. The number of amides is 1. The molecule has 1 aliphatic rings. The third-order valence-electron chi connectivity index (χ3n) is 3.00. The van der Waals surface area contributed by atoms with Crippen molar-refractivity contribution in [2.45, 2.75) is 31.7 Å². The van der Waals surface area contributed by atoms with E-state index in [-0.39, 0.29) is 18.3 Å². The van der Waals surface area contributed by atoms with Crippen molar-refractivity contribution in [3.63, 3.8) is 0 Å². The second-order valence-corrected chi connectivity index (χ2v) is 5.43. The minimum absolute atomic E-state index is 0.115. The highest BCUT2D eigenvalue weighted by molar-refractivity contribution is 7.10. The molecular formula is C13H17NO3S. The molecule has 0 aromatic carbocycles. The molecule has 0 bridgehead atoms. The third kappa shape index (κ3) is 3.57. The van der Waals surface area contributed by atoms with Gasteiger partial charge in [-0.2, -0.15) is 0 Å². The predicted molar refractivity (Wildman–Crippen MR) is 69.4 cm³/mol. The number of ether oxygens (including phenoxy) is 1. The van der Waals surface area contributed by atoms with E-state index in [1.165, 1.54) is 7.11 Å². The highest BCUT2D eigenvalue weighted by atomic mass is 32.1. The fourth-order valence-corrected chi connectivity index (χ4v) is 2.57. The van der Waals surface area contributed by atoms with Crippen molar-refractivity contribution in [1.82, 2.24) is 4.90 Å². The Morgan fingerprint density at radius 3 is 2.83 bits per heavy atom. The highest BCUT2D eigenvalue weighted by Gasteiger charge is 2.32. The second-order valence-electron chi connectivity index (χ2n) is 4.40. The molecule has 1 fully saturated rings. The summed E-state index contributed by atoms with van der Waals surface area (Å²) in [6.45, 7) is 0.474. The zero-order valence-electron chi connectivity index (χ0n) is 10.4. The van der Waals surface area contributed by atoms with Crippen LogP contribution in [0.2, 0.25) is 0 Å². The summed E-state index contributed by atoms with van der Waals surface area (Å²) in [6, 6.07) is 4.25. The van der Waals surface area contributed by atoms with Crippen LogP contribution in [0.3, 0.4) is 0 Å². The van der Waals surface area contributed by atoms with Gasteiger partial charge in [-0.3, -0.25) is 9.59 Å². The lowest BCUT2D eigenvalue weighted by molar-refractivity contribution is -0.141. The van der Waals surface area contributed by atoms with Gasteiger partial charge >= 0.3 is 5.97 Å². The van der Waals surface area contributed by atoms with Crippen molar-refractivity contribution < 1.29 is 14.3 Å². The summed E-state index contributed by atoms with van der Waals surface area (Å²) in [4.78, 5) is 26.2. The number of nitrogens with zero attached hydrogens (tertiary/aromatic N) is 1. The lowest BCUT2D eigenvalue weighted by Crippen LogP contribution is -2.36. The smallest absolute Gasteiger partial charge is 0.307 e. The summed E-state index contributed by atoms with van der Waals surface area (Å²) in [5, 5.41) is 1.97. The molecule has 2 rings (SSSR count). The summed E-state index contributed by atoms with van der Waals surface area (Å²) in [5.41, 5.74) is 0. The Morgan fingerprint density at radius 1 is 1.50 bits per heavy atom. The molecule has 5 heteroatoms. The van der Waals surface area contributed by atoms with Crippen molar-refractivity contribution in [3.05, 3.63) is 22.4 Å². The largest absolute Gasteiger partial charge is 0.469 e. The minimum atomic E-state index is -0.260. The lowest BCUT2D eigenvalue weighted by atomic mass is 10.2. The number of esters is 1. The first-order chi connectivity index (χ1) is 8.70. The molecule has 1 saturated carbocycles. The molecule has 1 amide bonds. The average molecular weight is 267 g/mol. The Labute approximate surface area is 111 Å². The van der Waals surface area contributed by atoms with Gasteiger partial charge in [0.25, 0.3) is 0 Å². The van der Waals surface area contributed by atoms with Crippen LogP contribution in [0.25, 0.3) is 0 Å². The van der Waals surface area contributed by atoms with Crippen LogP contribution in [-0.4, -0.2) is 36.5 Å². The number of hydrogen-bond acceptors (Lipinski definition) is 4. The van der Waals surface area contributed by atoms with Gasteiger partial charge in [0.05, 0.1) is 20.0 Å². The van der Waals surface area contributed by atoms with Crippen molar-refractivity contribution >= 4 is 23.2 Å². The summed E-state index contributed by atoms with van der Waals surface area (Å²) in [6.07, 6.45) is 2.83. The van der Waals surface area contributed by atoms with E-state index in [0.29, 0.717) is 19.0 Å². The monoisotopic (exact) mass is 267 g/mol. The Kier molecular flexibility index (Phi) is 4.36. The van der Waals surface area contributed by atoms with E-state index in [1.807, 2.05) is 22.4 Å². The topological polar surface area (TPSA) is 46.6 Å². The van der Waals surface area contributed by atoms with Crippen molar-refractivity contribution in [2.75, 3.05) is 13.7 Å². The molecule has 0 unspecified atom stereocenters. The van der Waals surface area contributed by atoms with Crippen LogP contribution in [-0.2, 0) is 20.7 Å². The number of carbonyl (C=O) groups is 2. The Morgan fingerprint density at radius 2 is 2.28 bits per heavy atom. The Hall–Kier alpha value is -1.36. The molecule has 0 spiro atoms. The molecule has 0 N–H and O–H groups in total. The fraction of sp³-hybridized carbons (Fsp3) is 0.538. The van der Waals surface area contributed by atoms with Gasteiger partial charge in [0.15, 0.2) is 0 Å². The molecule has 4 nitrogen and oxygen atoms in total. The van der Waals surface area contributed by atoms with E-state index in [4.69, 9.17) is 0 Å². The molecule has 98 valence electrons. The van der Waals surface area contributed by atoms with Gasteiger partial charge in [0.1, 0.15) is 0 Å². The van der Waals surface area contributed by atoms with E-state index < -0.39 is 0 Å². The first-order valence-corrected chi connectivity index (χ1v) is 6.97. The van der Waals surface area contributed by atoms with Crippen LogP contribution in [0.5, 0.6) is 0 Å². The Bertz CT molecular complexity index is 412. The SMILES string of the molecule is COC(=O)CCN(C(=O)Cc1cccs1)C1CC1. The summed E-state index contributed by atoms with van der Waals surface area (Å²) < 4.78 is 4.61. The van der Waals surface area contributed by atoms with E-state index in [1.54, 1.807) is 11.3 Å². The molecule has 1 aromatic rings. The van der Waals surface area contributed by atoms with Crippen molar-refractivity contribution in [1.29, 1.82) is 0 Å². The van der Waals surface area contributed by atoms with E-state index in [2.05, 4.69) is 4.74 Å². The number of methoxy groups -OCH3 is 1. The maximum absolute atomic E-state index is 12.2. The van der Waals surface area contributed by atoms with Crippen LogP contribution in [0.15, 0.2) is 17.5 Å². The van der Waals surface area contributed by atoms with Crippen molar-refractivity contribution in [3.8, 4) is 0 Å². The van der Waals surface area contributed by atoms with Gasteiger partial charge in [0.2, 0.25) is 5.91 Å². The average Bonchev–Trinajstić information content (AvgIpc) is 3.07. The second kappa shape index (κ2) is 6.00. The van der Waals surface area contributed by atoms with Crippen LogP contribution in [0.4, 0.5) is 0 Å².